The maximum Gasteiger partial charge on any atom is 0.258 e. The van der Waals surface area contributed by atoms with Crippen molar-refractivity contribution >= 4 is 23.4 Å². The Hall–Kier alpha value is -1.75. The molecule has 1 aromatic rings. The van der Waals surface area contributed by atoms with E-state index in [1.807, 2.05) is 0 Å². The summed E-state index contributed by atoms with van der Waals surface area (Å²) < 4.78 is 5.42. The van der Waals surface area contributed by atoms with Crippen LogP contribution in [0.4, 0.5) is 0 Å². The molecule has 2 rings (SSSR count). The molecular weight excluding hydrogens is 304 g/mol. The summed E-state index contributed by atoms with van der Waals surface area (Å²) in [5, 5.41) is 3.40. The first-order valence-electron chi connectivity index (χ1n) is 7.58. The van der Waals surface area contributed by atoms with Gasteiger partial charge in [-0.15, -0.1) is 0 Å². The normalized spacial score (nSPS) is 15.9. The SMILES string of the molecule is NC(=O)c1ccc(Cl)cc1OCC(=O)NC1CCCCCC1. The highest BCUT2D eigenvalue weighted by Crippen LogP contribution is 2.23. The molecule has 1 aliphatic carbocycles. The van der Waals surface area contributed by atoms with Crippen LogP contribution in [0.15, 0.2) is 18.2 Å². The molecule has 120 valence electrons. The predicted octanol–water partition coefficient (Wildman–Crippen LogP) is 2.66. The molecule has 2 amide bonds. The van der Waals surface area contributed by atoms with Gasteiger partial charge in [-0.2, -0.15) is 0 Å². The Morgan fingerprint density at radius 1 is 1.23 bits per heavy atom. The van der Waals surface area contributed by atoms with Gasteiger partial charge in [0.05, 0.1) is 5.56 Å². The summed E-state index contributed by atoms with van der Waals surface area (Å²) in [6, 6.07) is 4.75. The van der Waals surface area contributed by atoms with Gasteiger partial charge in [-0.3, -0.25) is 9.59 Å². The van der Waals surface area contributed by atoms with E-state index in [4.69, 9.17) is 22.1 Å². The van der Waals surface area contributed by atoms with Crippen LogP contribution in [-0.4, -0.2) is 24.5 Å². The maximum absolute atomic E-state index is 12.0. The van der Waals surface area contributed by atoms with Gasteiger partial charge >= 0.3 is 0 Å². The fourth-order valence-corrected chi connectivity index (χ4v) is 2.82. The molecule has 0 radical (unpaired) electrons. The first-order chi connectivity index (χ1) is 10.6. The molecular formula is C16H21ClN2O3. The van der Waals surface area contributed by atoms with Crippen molar-refractivity contribution in [1.82, 2.24) is 5.32 Å². The van der Waals surface area contributed by atoms with Gasteiger partial charge in [-0.05, 0) is 31.0 Å². The van der Waals surface area contributed by atoms with Gasteiger partial charge in [0.25, 0.3) is 11.8 Å². The van der Waals surface area contributed by atoms with Gasteiger partial charge in [-0.1, -0.05) is 37.3 Å². The predicted molar refractivity (Wildman–Crippen MR) is 85.1 cm³/mol. The van der Waals surface area contributed by atoms with Crippen LogP contribution in [-0.2, 0) is 4.79 Å². The van der Waals surface area contributed by atoms with Gasteiger partial charge in [0.15, 0.2) is 6.61 Å². The number of carbonyl (C=O) groups is 2. The highest BCUT2D eigenvalue weighted by atomic mass is 35.5. The van der Waals surface area contributed by atoms with Crippen LogP contribution < -0.4 is 15.8 Å². The average Bonchev–Trinajstić information content (AvgIpc) is 2.73. The quantitative estimate of drug-likeness (QED) is 0.817. The number of primary amides is 1. The van der Waals surface area contributed by atoms with Gasteiger partial charge in [0.1, 0.15) is 5.75 Å². The van der Waals surface area contributed by atoms with Crippen molar-refractivity contribution in [3.63, 3.8) is 0 Å². The minimum Gasteiger partial charge on any atom is -0.483 e. The first kappa shape index (κ1) is 16.6. The monoisotopic (exact) mass is 324 g/mol. The Morgan fingerprint density at radius 2 is 1.91 bits per heavy atom. The van der Waals surface area contributed by atoms with Crippen molar-refractivity contribution in [2.45, 2.75) is 44.6 Å². The molecule has 5 nitrogen and oxygen atoms in total. The van der Waals surface area contributed by atoms with E-state index in [1.54, 1.807) is 6.07 Å². The maximum atomic E-state index is 12.0. The first-order valence-corrected chi connectivity index (χ1v) is 7.95. The number of rotatable bonds is 5. The second-order valence-corrected chi connectivity index (χ2v) is 5.99. The summed E-state index contributed by atoms with van der Waals surface area (Å²) in [5.74, 6) is -0.575. The fraction of sp³-hybridized carbons (Fsp3) is 0.500. The van der Waals surface area contributed by atoms with Crippen molar-refractivity contribution < 1.29 is 14.3 Å². The molecule has 0 aliphatic heterocycles. The van der Waals surface area contributed by atoms with Crippen LogP contribution in [0.5, 0.6) is 5.75 Å². The summed E-state index contributed by atoms with van der Waals surface area (Å²) in [5.41, 5.74) is 5.49. The zero-order valence-corrected chi connectivity index (χ0v) is 13.2. The molecule has 3 N–H and O–H groups in total. The molecule has 0 bridgehead atoms. The smallest absolute Gasteiger partial charge is 0.258 e. The van der Waals surface area contributed by atoms with Crippen molar-refractivity contribution in [1.29, 1.82) is 0 Å². The molecule has 1 fully saturated rings. The third-order valence-corrected chi connectivity index (χ3v) is 4.02. The van der Waals surface area contributed by atoms with E-state index >= 15 is 0 Å². The minimum atomic E-state index is -0.615. The molecule has 0 unspecified atom stereocenters. The number of ether oxygens (including phenoxy) is 1. The number of nitrogens with one attached hydrogen (secondary N) is 1. The van der Waals surface area contributed by atoms with Gasteiger partial charge in [-0.25, -0.2) is 0 Å². The standard InChI is InChI=1S/C16H21ClN2O3/c17-11-7-8-13(16(18)21)14(9-11)22-10-15(20)19-12-5-3-1-2-4-6-12/h7-9,12H,1-6,10H2,(H2,18,21)(H,19,20). The summed E-state index contributed by atoms with van der Waals surface area (Å²) in [6.45, 7) is -0.156. The van der Waals surface area contributed by atoms with Crippen LogP contribution in [0.2, 0.25) is 5.02 Å². The van der Waals surface area contributed by atoms with Crippen molar-refractivity contribution in [2.24, 2.45) is 5.73 Å². The van der Waals surface area contributed by atoms with Gasteiger partial charge in [0, 0.05) is 11.1 Å². The van der Waals surface area contributed by atoms with E-state index < -0.39 is 5.91 Å². The summed E-state index contributed by atoms with van der Waals surface area (Å²) >= 11 is 5.88. The van der Waals surface area contributed by atoms with Gasteiger partial charge < -0.3 is 15.8 Å². The van der Waals surface area contributed by atoms with E-state index in [-0.39, 0.29) is 29.9 Å². The molecule has 0 heterocycles. The molecule has 1 saturated carbocycles. The Kier molecular flexibility index (Phi) is 6.07. The zero-order valence-electron chi connectivity index (χ0n) is 12.4. The minimum absolute atomic E-state index is 0.156. The van der Waals surface area contributed by atoms with Crippen LogP contribution in [0.3, 0.4) is 0 Å². The van der Waals surface area contributed by atoms with Crippen LogP contribution in [0.1, 0.15) is 48.9 Å². The Morgan fingerprint density at radius 3 is 2.55 bits per heavy atom. The van der Waals surface area contributed by atoms with Crippen LogP contribution in [0, 0.1) is 0 Å². The van der Waals surface area contributed by atoms with Crippen LogP contribution >= 0.6 is 11.6 Å². The van der Waals surface area contributed by atoms with E-state index in [1.165, 1.54) is 25.0 Å². The molecule has 0 saturated heterocycles. The molecule has 0 spiro atoms. The number of carbonyl (C=O) groups excluding carboxylic acids is 2. The molecule has 1 aliphatic rings. The Bertz CT molecular complexity index is 540. The Labute approximate surface area is 135 Å². The topological polar surface area (TPSA) is 81.4 Å². The van der Waals surface area contributed by atoms with Crippen LogP contribution in [0.25, 0.3) is 0 Å². The summed E-state index contributed by atoms with van der Waals surface area (Å²) in [4.78, 5) is 23.3. The number of nitrogens with two attached hydrogens (primary N) is 1. The molecule has 22 heavy (non-hydrogen) atoms. The Balaban J connectivity index is 1.90. The lowest BCUT2D eigenvalue weighted by molar-refractivity contribution is -0.123. The van der Waals surface area contributed by atoms with E-state index in [0.717, 1.165) is 25.7 Å². The fourth-order valence-electron chi connectivity index (χ4n) is 2.66. The molecule has 6 heteroatoms. The summed E-state index contributed by atoms with van der Waals surface area (Å²) in [7, 11) is 0. The number of halogens is 1. The highest BCUT2D eigenvalue weighted by molar-refractivity contribution is 6.30. The zero-order chi connectivity index (χ0) is 15.9. The second-order valence-electron chi connectivity index (χ2n) is 5.55. The summed E-state index contributed by atoms with van der Waals surface area (Å²) in [6.07, 6.45) is 6.77. The van der Waals surface area contributed by atoms with Crippen molar-refractivity contribution in [3.05, 3.63) is 28.8 Å². The van der Waals surface area contributed by atoms with E-state index in [2.05, 4.69) is 5.32 Å². The lowest BCUT2D eigenvalue weighted by atomic mass is 10.1. The van der Waals surface area contributed by atoms with Gasteiger partial charge in [0.2, 0.25) is 0 Å². The third kappa shape index (κ3) is 4.91. The highest BCUT2D eigenvalue weighted by Gasteiger charge is 2.16. The van der Waals surface area contributed by atoms with Crippen molar-refractivity contribution in [2.75, 3.05) is 6.61 Å². The number of hydrogen-bond acceptors (Lipinski definition) is 3. The second kappa shape index (κ2) is 8.03. The number of amides is 2. The third-order valence-electron chi connectivity index (χ3n) is 3.79. The molecule has 0 aromatic heterocycles. The number of benzene rings is 1. The van der Waals surface area contributed by atoms with E-state index in [9.17, 15) is 9.59 Å². The van der Waals surface area contributed by atoms with E-state index in [0.29, 0.717) is 5.02 Å². The largest absolute Gasteiger partial charge is 0.483 e. The lowest BCUT2D eigenvalue weighted by Crippen LogP contribution is -2.37. The molecule has 0 atom stereocenters. The van der Waals surface area contributed by atoms with Crippen molar-refractivity contribution in [3.8, 4) is 5.75 Å². The number of hydrogen-bond donors (Lipinski definition) is 2. The average molecular weight is 325 g/mol. The molecule has 1 aromatic carbocycles. The lowest BCUT2D eigenvalue weighted by Gasteiger charge is -2.17.